The molecule has 0 saturated heterocycles. The van der Waals surface area contributed by atoms with E-state index in [1.165, 1.54) is 7.11 Å². The zero-order valence-corrected chi connectivity index (χ0v) is 15.9. The Morgan fingerprint density at radius 3 is 2.50 bits per heavy atom. The molecular formula is C22H24NO3+. The molecule has 4 nitrogen and oxygen atoms in total. The number of hydrogen-bond acceptors (Lipinski definition) is 3. The Bertz CT molecular complexity index is 923. The second kappa shape index (κ2) is 6.79. The Morgan fingerprint density at radius 2 is 1.81 bits per heavy atom. The van der Waals surface area contributed by atoms with Crippen molar-refractivity contribution in [2.24, 2.45) is 0 Å². The standard InChI is InChI=1S/C22H24NO3/c1-22(2)17-14-16(21(24)26-5)10-12-18(17)23(3)20(22)13-11-15-8-6-7-9-19(15)25-4/h6-14H,1-5H3/q+1. The third-order valence-electron chi connectivity index (χ3n) is 5.01. The van der Waals surface area contributed by atoms with Gasteiger partial charge in [0.2, 0.25) is 5.69 Å². The highest BCUT2D eigenvalue weighted by Crippen LogP contribution is 2.40. The van der Waals surface area contributed by atoms with Crippen LogP contribution in [-0.4, -0.2) is 37.5 Å². The molecule has 1 aliphatic heterocycles. The summed E-state index contributed by atoms with van der Waals surface area (Å²) in [6.07, 6.45) is 4.19. The number of esters is 1. The number of benzene rings is 2. The molecule has 134 valence electrons. The van der Waals surface area contributed by atoms with E-state index in [9.17, 15) is 4.79 Å². The summed E-state index contributed by atoms with van der Waals surface area (Å²) in [5, 5.41) is 0. The van der Waals surface area contributed by atoms with Crippen molar-refractivity contribution < 1.29 is 18.8 Å². The fourth-order valence-corrected chi connectivity index (χ4v) is 3.55. The summed E-state index contributed by atoms with van der Waals surface area (Å²) in [6.45, 7) is 4.33. The van der Waals surface area contributed by atoms with Crippen LogP contribution in [0, 0.1) is 0 Å². The van der Waals surface area contributed by atoms with Crippen LogP contribution in [0.4, 0.5) is 5.69 Å². The first kappa shape index (κ1) is 17.9. The number of fused-ring (bicyclic) bond motifs is 1. The van der Waals surface area contributed by atoms with Gasteiger partial charge >= 0.3 is 5.97 Å². The quantitative estimate of drug-likeness (QED) is 0.613. The first-order chi connectivity index (χ1) is 12.4. The summed E-state index contributed by atoms with van der Waals surface area (Å²) in [5.74, 6) is 0.526. The number of para-hydroxylation sites is 1. The number of methoxy groups -OCH3 is 2. The molecule has 0 fully saturated rings. The van der Waals surface area contributed by atoms with Crippen LogP contribution >= 0.6 is 0 Å². The lowest BCUT2D eigenvalue weighted by Crippen LogP contribution is -2.26. The number of rotatable bonds is 4. The van der Waals surface area contributed by atoms with Gasteiger partial charge in [0.1, 0.15) is 12.8 Å². The SMILES string of the molecule is COC(=O)c1ccc2c(c1)C(C)(C)C(C=Cc1ccccc1OC)=[N+]2C. The highest BCUT2D eigenvalue weighted by molar-refractivity contribution is 6.06. The van der Waals surface area contributed by atoms with Gasteiger partial charge in [-0.1, -0.05) is 18.2 Å². The van der Waals surface area contributed by atoms with Crippen LogP contribution in [-0.2, 0) is 10.2 Å². The number of allylic oxidation sites excluding steroid dienone is 1. The van der Waals surface area contributed by atoms with E-state index in [4.69, 9.17) is 9.47 Å². The maximum Gasteiger partial charge on any atom is 0.337 e. The maximum atomic E-state index is 11.9. The first-order valence-electron chi connectivity index (χ1n) is 8.55. The average molecular weight is 350 g/mol. The van der Waals surface area contributed by atoms with Crippen molar-refractivity contribution in [3.8, 4) is 5.75 Å². The Labute approximate surface area is 154 Å². The minimum absolute atomic E-state index is 0.230. The van der Waals surface area contributed by atoms with Gasteiger partial charge in [-0.3, -0.25) is 0 Å². The molecule has 0 radical (unpaired) electrons. The molecule has 2 aromatic rings. The normalized spacial score (nSPS) is 15.3. The van der Waals surface area contributed by atoms with Gasteiger partial charge in [0.05, 0.1) is 25.2 Å². The molecule has 0 aromatic heterocycles. The molecule has 4 heteroatoms. The van der Waals surface area contributed by atoms with Crippen LogP contribution in [0.1, 0.15) is 35.3 Å². The lowest BCUT2D eigenvalue weighted by Gasteiger charge is -2.16. The summed E-state index contributed by atoms with van der Waals surface area (Å²) in [4.78, 5) is 11.9. The molecule has 0 spiro atoms. The zero-order chi connectivity index (χ0) is 18.9. The molecule has 26 heavy (non-hydrogen) atoms. The van der Waals surface area contributed by atoms with Gasteiger partial charge in [0.25, 0.3) is 0 Å². The minimum atomic E-state index is -0.315. The van der Waals surface area contributed by atoms with Gasteiger partial charge in [0.15, 0.2) is 5.71 Å². The van der Waals surface area contributed by atoms with Gasteiger partial charge in [-0.25, -0.2) is 4.79 Å². The molecule has 0 N–H and O–H groups in total. The van der Waals surface area contributed by atoms with E-state index in [1.54, 1.807) is 7.11 Å². The number of hydrogen-bond donors (Lipinski definition) is 0. The van der Waals surface area contributed by atoms with Crippen molar-refractivity contribution in [1.29, 1.82) is 0 Å². The topological polar surface area (TPSA) is 38.5 Å². The van der Waals surface area contributed by atoms with E-state index in [0.717, 1.165) is 28.3 Å². The minimum Gasteiger partial charge on any atom is -0.496 e. The largest absolute Gasteiger partial charge is 0.496 e. The van der Waals surface area contributed by atoms with Gasteiger partial charge in [-0.15, -0.1) is 0 Å². The smallest absolute Gasteiger partial charge is 0.337 e. The molecule has 0 saturated carbocycles. The summed E-state index contributed by atoms with van der Waals surface area (Å²) >= 11 is 0. The van der Waals surface area contributed by atoms with Crippen molar-refractivity contribution >= 4 is 23.4 Å². The molecule has 0 amide bonds. The van der Waals surface area contributed by atoms with E-state index in [-0.39, 0.29) is 11.4 Å². The molecule has 2 aromatic carbocycles. The van der Waals surface area contributed by atoms with Crippen molar-refractivity contribution in [3.05, 3.63) is 65.2 Å². The lowest BCUT2D eigenvalue weighted by atomic mass is 9.80. The number of nitrogens with zero attached hydrogens (tertiary/aromatic N) is 1. The van der Waals surface area contributed by atoms with Crippen LogP contribution in [0.15, 0.2) is 48.5 Å². The summed E-state index contributed by atoms with van der Waals surface area (Å²) < 4.78 is 12.5. The van der Waals surface area contributed by atoms with Gasteiger partial charge in [-0.2, -0.15) is 4.58 Å². The average Bonchev–Trinajstić information content (AvgIpc) is 2.85. The van der Waals surface area contributed by atoms with Crippen LogP contribution in [0.2, 0.25) is 0 Å². The van der Waals surface area contributed by atoms with Gasteiger partial charge in [-0.05, 0) is 38.1 Å². The lowest BCUT2D eigenvalue weighted by molar-refractivity contribution is -0.401. The fraction of sp³-hybridized carbons (Fsp3) is 0.273. The van der Waals surface area contributed by atoms with E-state index in [0.29, 0.717) is 5.56 Å². The highest BCUT2D eigenvalue weighted by atomic mass is 16.5. The van der Waals surface area contributed by atoms with Crippen LogP contribution in [0.3, 0.4) is 0 Å². The third-order valence-corrected chi connectivity index (χ3v) is 5.01. The number of carbonyl (C=O) groups is 1. The molecule has 0 atom stereocenters. The molecule has 1 heterocycles. The predicted molar refractivity (Wildman–Crippen MR) is 104 cm³/mol. The summed E-state index contributed by atoms with van der Waals surface area (Å²) in [7, 11) is 5.13. The Balaban J connectivity index is 2.02. The maximum absolute atomic E-state index is 11.9. The van der Waals surface area contributed by atoms with Gasteiger partial charge in [0, 0.05) is 23.3 Å². The van der Waals surface area contributed by atoms with E-state index >= 15 is 0 Å². The van der Waals surface area contributed by atoms with Crippen LogP contribution < -0.4 is 4.74 Å². The van der Waals surface area contributed by atoms with Gasteiger partial charge < -0.3 is 9.47 Å². The summed E-state index contributed by atoms with van der Waals surface area (Å²) in [5.41, 5.74) is 4.73. The predicted octanol–water partition coefficient (Wildman–Crippen LogP) is 4.20. The van der Waals surface area contributed by atoms with Crippen molar-refractivity contribution in [1.82, 2.24) is 0 Å². The second-order valence-corrected chi connectivity index (χ2v) is 6.87. The van der Waals surface area contributed by atoms with E-state index in [1.807, 2.05) is 49.5 Å². The van der Waals surface area contributed by atoms with Crippen molar-refractivity contribution in [2.75, 3.05) is 21.3 Å². The molecule has 1 aliphatic rings. The van der Waals surface area contributed by atoms with Crippen LogP contribution in [0.5, 0.6) is 5.75 Å². The van der Waals surface area contributed by atoms with Crippen molar-refractivity contribution in [2.45, 2.75) is 19.3 Å². The Morgan fingerprint density at radius 1 is 1.08 bits per heavy atom. The zero-order valence-electron chi connectivity index (χ0n) is 15.9. The van der Waals surface area contributed by atoms with E-state index in [2.05, 4.69) is 30.6 Å². The second-order valence-electron chi connectivity index (χ2n) is 6.87. The molecular weight excluding hydrogens is 326 g/mol. The summed E-state index contributed by atoms with van der Waals surface area (Å²) in [6, 6.07) is 13.7. The fourth-order valence-electron chi connectivity index (χ4n) is 3.55. The molecule has 0 aliphatic carbocycles. The Hall–Kier alpha value is -2.88. The monoisotopic (exact) mass is 350 g/mol. The van der Waals surface area contributed by atoms with Crippen LogP contribution in [0.25, 0.3) is 6.08 Å². The number of carbonyl (C=O) groups excluding carboxylic acids is 1. The molecule has 0 unspecified atom stereocenters. The van der Waals surface area contributed by atoms with E-state index < -0.39 is 0 Å². The first-order valence-corrected chi connectivity index (χ1v) is 8.55. The highest BCUT2D eigenvalue weighted by Gasteiger charge is 2.43. The molecule has 3 rings (SSSR count). The third kappa shape index (κ3) is 2.92. The van der Waals surface area contributed by atoms with Crippen molar-refractivity contribution in [3.63, 3.8) is 0 Å². The Kier molecular flexibility index (Phi) is 4.68. The molecule has 0 bridgehead atoms. The number of ether oxygens (including phenoxy) is 2.